The summed E-state index contributed by atoms with van der Waals surface area (Å²) in [5.74, 6) is 0.743. The molecule has 0 unspecified atom stereocenters. The Morgan fingerprint density at radius 1 is 1.37 bits per heavy atom. The van der Waals surface area contributed by atoms with Gasteiger partial charge in [-0.05, 0) is 38.6 Å². The highest BCUT2D eigenvalue weighted by atomic mass is 16.5. The summed E-state index contributed by atoms with van der Waals surface area (Å²) >= 11 is 0. The van der Waals surface area contributed by atoms with Gasteiger partial charge in [0, 0.05) is 63.6 Å². The smallest absolute Gasteiger partial charge is 0.328 e. The van der Waals surface area contributed by atoms with Gasteiger partial charge >= 0.3 is 6.03 Å². The van der Waals surface area contributed by atoms with Crippen LogP contribution in [0.25, 0.3) is 0 Å². The van der Waals surface area contributed by atoms with Crippen molar-refractivity contribution in [1.29, 1.82) is 5.26 Å². The van der Waals surface area contributed by atoms with Crippen LogP contribution in [0.15, 0.2) is 18.3 Å². The molecule has 0 aromatic carbocycles. The molecular weight excluding hydrogens is 488 g/mol. The highest BCUT2D eigenvalue weighted by molar-refractivity contribution is 6.02. The summed E-state index contributed by atoms with van der Waals surface area (Å²) in [4.78, 5) is 51.8. The third-order valence-corrected chi connectivity index (χ3v) is 6.80. The van der Waals surface area contributed by atoms with Gasteiger partial charge in [0.15, 0.2) is 6.29 Å². The number of carbonyl (C=O) groups excluding carboxylic acids is 3. The molecule has 0 saturated carbocycles. The van der Waals surface area contributed by atoms with E-state index in [0.29, 0.717) is 74.5 Å². The standard InChI is InChI=1S/C26H32N8O4/c1-32(2)20-10-24(36)33(15-20)14-18-9-17-5-4-7-34(25(17)30-22(18)16-35)26(37)31-23-11-21(28-6-8-38-3)19(12-27)13-29-23/h9,11,13,16,20H,4-8,10,14-15H2,1-3H3,(H2,28,29,31,37)/t20-/m1/s1. The van der Waals surface area contributed by atoms with Crippen molar-refractivity contribution in [3.63, 3.8) is 0 Å². The lowest BCUT2D eigenvalue weighted by molar-refractivity contribution is -0.128. The third-order valence-electron chi connectivity index (χ3n) is 6.80. The van der Waals surface area contributed by atoms with Gasteiger partial charge in [-0.25, -0.2) is 14.8 Å². The van der Waals surface area contributed by atoms with Crippen molar-refractivity contribution in [3.05, 3.63) is 40.7 Å². The second kappa shape index (κ2) is 12.0. The van der Waals surface area contributed by atoms with E-state index in [-0.39, 0.29) is 23.5 Å². The number of pyridine rings is 2. The number of ether oxygens (including phenoxy) is 1. The number of hydrogen-bond donors (Lipinski definition) is 2. The second-order valence-corrected chi connectivity index (χ2v) is 9.56. The van der Waals surface area contributed by atoms with E-state index < -0.39 is 6.03 Å². The molecule has 0 spiro atoms. The predicted molar refractivity (Wildman–Crippen MR) is 141 cm³/mol. The van der Waals surface area contributed by atoms with Crippen molar-refractivity contribution in [2.24, 2.45) is 0 Å². The molecule has 2 aromatic heterocycles. The van der Waals surface area contributed by atoms with Crippen molar-refractivity contribution < 1.29 is 19.1 Å². The molecule has 0 radical (unpaired) electrons. The number of nitrogens with zero attached hydrogens (tertiary/aromatic N) is 6. The molecule has 38 heavy (non-hydrogen) atoms. The summed E-state index contributed by atoms with van der Waals surface area (Å²) in [6, 6.07) is 5.26. The molecule has 4 rings (SSSR count). The van der Waals surface area contributed by atoms with Crippen molar-refractivity contribution in [1.82, 2.24) is 19.8 Å². The zero-order valence-electron chi connectivity index (χ0n) is 21.9. The van der Waals surface area contributed by atoms with Crippen LogP contribution in [0.1, 0.15) is 40.0 Å². The Bertz CT molecular complexity index is 1260. The van der Waals surface area contributed by atoms with Crippen LogP contribution in [-0.4, -0.2) is 91.5 Å². The van der Waals surface area contributed by atoms with Crippen molar-refractivity contribution in [3.8, 4) is 6.07 Å². The fourth-order valence-corrected chi connectivity index (χ4v) is 4.66. The third kappa shape index (κ3) is 5.90. The molecule has 2 aliphatic rings. The topological polar surface area (TPSA) is 144 Å². The lowest BCUT2D eigenvalue weighted by Gasteiger charge is -2.29. The van der Waals surface area contributed by atoms with Crippen molar-refractivity contribution in [2.75, 3.05) is 63.0 Å². The van der Waals surface area contributed by atoms with Crippen LogP contribution in [0.3, 0.4) is 0 Å². The molecule has 1 fully saturated rings. The van der Waals surface area contributed by atoms with E-state index in [9.17, 15) is 19.6 Å². The van der Waals surface area contributed by atoms with E-state index >= 15 is 0 Å². The van der Waals surface area contributed by atoms with Crippen LogP contribution in [0.4, 0.5) is 22.1 Å². The molecule has 200 valence electrons. The highest BCUT2D eigenvalue weighted by Gasteiger charge is 2.32. The number of nitriles is 1. The number of aldehydes is 1. The van der Waals surface area contributed by atoms with Gasteiger partial charge in [0.2, 0.25) is 5.91 Å². The average molecular weight is 521 g/mol. The molecule has 2 aliphatic heterocycles. The molecule has 4 heterocycles. The van der Waals surface area contributed by atoms with Gasteiger partial charge in [0.25, 0.3) is 0 Å². The van der Waals surface area contributed by atoms with Crippen LogP contribution in [0.2, 0.25) is 0 Å². The maximum Gasteiger partial charge on any atom is 0.328 e. The maximum atomic E-state index is 13.2. The van der Waals surface area contributed by atoms with Crippen molar-refractivity contribution in [2.45, 2.75) is 31.8 Å². The molecule has 0 aliphatic carbocycles. The monoisotopic (exact) mass is 520 g/mol. The Hall–Kier alpha value is -4.08. The molecule has 1 atom stereocenters. The number of amides is 3. The van der Waals surface area contributed by atoms with E-state index in [4.69, 9.17) is 4.74 Å². The van der Waals surface area contributed by atoms with Crippen LogP contribution >= 0.6 is 0 Å². The minimum atomic E-state index is -0.438. The molecule has 1 saturated heterocycles. The van der Waals surface area contributed by atoms with Crippen molar-refractivity contribution >= 4 is 35.5 Å². The Morgan fingerprint density at radius 2 is 2.18 bits per heavy atom. The molecule has 0 bridgehead atoms. The summed E-state index contributed by atoms with van der Waals surface area (Å²) in [5, 5.41) is 15.2. The molecule has 2 aromatic rings. The second-order valence-electron chi connectivity index (χ2n) is 9.56. The number of likely N-dealkylation sites (N-methyl/N-ethyl adjacent to an activating group) is 1. The molecule has 12 heteroatoms. The first-order valence-electron chi connectivity index (χ1n) is 12.5. The molecule has 2 N–H and O–H groups in total. The fraction of sp³-hybridized carbons (Fsp3) is 0.462. The Balaban J connectivity index is 1.53. The number of anilines is 3. The summed E-state index contributed by atoms with van der Waals surface area (Å²) in [6.45, 7) is 2.26. The Morgan fingerprint density at radius 3 is 2.87 bits per heavy atom. The lowest BCUT2D eigenvalue weighted by atomic mass is 10.0. The molecule has 12 nitrogen and oxygen atoms in total. The summed E-state index contributed by atoms with van der Waals surface area (Å²) in [5.41, 5.74) is 2.62. The summed E-state index contributed by atoms with van der Waals surface area (Å²) in [7, 11) is 5.48. The first kappa shape index (κ1) is 27.0. The summed E-state index contributed by atoms with van der Waals surface area (Å²) < 4.78 is 5.04. The van der Waals surface area contributed by atoms with Gasteiger partial charge in [-0.15, -0.1) is 0 Å². The van der Waals surface area contributed by atoms with Crippen LogP contribution in [0, 0.1) is 11.3 Å². The predicted octanol–water partition coefficient (Wildman–Crippen LogP) is 1.87. The maximum absolute atomic E-state index is 13.2. The van der Waals surface area contributed by atoms with E-state index in [1.165, 1.54) is 11.1 Å². The van der Waals surface area contributed by atoms with Gasteiger partial charge in [-0.3, -0.25) is 19.8 Å². The van der Waals surface area contributed by atoms with Crippen LogP contribution < -0.4 is 15.5 Å². The van der Waals surface area contributed by atoms with Gasteiger partial charge in [0.05, 0.1) is 17.9 Å². The first-order chi connectivity index (χ1) is 18.3. The fourth-order valence-electron chi connectivity index (χ4n) is 4.66. The average Bonchev–Trinajstić information content (AvgIpc) is 3.28. The number of aromatic nitrogens is 2. The number of methoxy groups -OCH3 is 1. The van der Waals surface area contributed by atoms with Crippen LogP contribution in [0.5, 0.6) is 0 Å². The first-order valence-corrected chi connectivity index (χ1v) is 12.5. The van der Waals surface area contributed by atoms with E-state index in [2.05, 4.69) is 26.7 Å². The van der Waals surface area contributed by atoms with Gasteiger partial charge in [-0.2, -0.15) is 5.26 Å². The molecular formula is C26H32N8O4. The van der Waals surface area contributed by atoms with Gasteiger partial charge < -0.3 is 19.9 Å². The number of nitrogens with one attached hydrogen (secondary N) is 2. The van der Waals surface area contributed by atoms with Gasteiger partial charge in [-0.1, -0.05) is 0 Å². The van der Waals surface area contributed by atoms with Crippen LogP contribution in [-0.2, 0) is 22.5 Å². The number of hydrogen-bond acceptors (Lipinski definition) is 9. The minimum Gasteiger partial charge on any atom is -0.383 e. The number of urea groups is 1. The number of likely N-dealkylation sites (tertiary alicyclic amines) is 1. The number of aryl methyl sites for hydroxylation is 1. The SMILES string of the molecule is COCCNc1cc(NC(=O)N2CCCc3cc(CN4C[C@H](N(C)C)CC4=O)c(C=O)nc32)ncc1C#N. The zero-order valence-corrected chi connectivity index (χ0v) is 21.9. The molecule has 3 amide bonds. The normalized spacial score (nSPS) is 16.8. The Kier molecular flexibility index (Phi) is 8.50. The largest absolute Gasteiger partial charge is 0.383 e. The van der Waals surface area contributed by atoms with Gasteiger partial charge in [0.1, 0.15) is 23.4 Å². The van der Waals surface area contributed by atoms with E-state index in [0.717, 1.165) is 12.0 Å². The quantitative estimate of drug-likeness (QED) is 0.374. The number of rotatable bonds is 9. The van der Waals surface area contributed by atoms with E-state index in [1.54, 1.807) is 18.1 Å². The lowest BCUT2D eigenvalue weighted by Crippen LogP contribution is -2.40. The number of carbonyl (C=O) groups is 3. The number of fused-ring (bicyclic) bond motifs is 1. The minimum absolute atomic E-state index is 0.0465. The highest BCUT2D eigenvalue weighted by Crippen LogP contribution is 2.29. The van der Waals surface area contributed by atoms with E-state index in [1.807, 2.05) is 25.1 Å². The Labute approximate surface area is 221 Å². The zero-order chi connectivity index (χ0) is 27.2. The summed E-state index contributed by atoms with van der Waals surface area (Å²) in [6.07, 6.45) is 3.94.